The van der Waals surface area contributed by atoms with Gasteiger partial charge in [0, 0.05) is 23.7 Å². The number of aromatic hydroxyl groups is 1. The van der Waals surface area contributed by atoms with Crippen LogP contribution in [0.4, 0.5) is 5.69 Å². The lowest BCUT2D eigenvalue weighted by atomic mass is 10.3. The number of nitrogens with one attached hydrogen (secondary N) is 1. The minimum absolute atomic E-state index is 0.0279. The van der Waals surface area contributed by atoms with E-state index in [9.17, 15) is 18.3 Å². The van der Waals surface area contributed by atoms with Gasteiger partial charge >= 0.3 is 0 Å². The van der Waals surface area contributed by atoms with E-state index in [2.05, 4.69) is 5.32 Å². The van der Waals surface area contributed by atoms with Crippen LogP contribution < -0.4 is 5.32 Å². The molecule has 0 bridgehead atoms. The average Bonchev–Trinajstić information content (AvgIpc) is 3.02. The third kappa shape index (κ3) is 5.86. The molecular formula is C17H21ClN2O4S3. The van der Waals surface area contributed by atoms with Crippen LogP contribution in [-0.2, 0) is 20.6 Å². The Morgan fingerprint density at radius 3 is 2.56 bits per heavy atom. The first-order valence-corrected chi connectivity index (χ1v) is 12.0. The average molecular weight is 449 g/mol. The Balaban J connectivity index is 2.04. The molecule has 2 N–H and O–H groups in total. The Morgan fingerprint density at radius 2 is 1.96 bits per heavy atom. The van der Waals surface area contributed by atoms with Gasteiger partial charge in [0.1, 0.15) is 5.75 Å². The van der Waals surface area contributed by atoms with Crippen LogP contribution >= 0.6 is 34.7 Å². The minimum atomic E-state index is -3.67. The van der Waals surface area contributed by atoms with E-state index in [0.717, 1.165) is 4.88 Å². The van der Waals surface area contributed by atoms with E-state index in [1.807, 2.05) is 12.1 Å². The van der Waals surface area contributed by atoms with Crippen LogP contribution in [0.2, 0.25) is 4.34 Å². The highest BCUT2D eigenvalue weighted by Crippen LogP contribution is 2.29. The van der Waals surface area contributed by atoms with E-state index >= 15 is 0 Å². The molecule has 0 aliphatic carbocycles. The molecule has 1 aromatic carbocycles. The van der Waals surface area contributed by atoms with E-state index in [1.54, 1.807) is 13.8 Å². The van der Waals surface area contributed by atoms with Crippen molar-refractivity contribution in [1.82, 2.24) is 4.31 Å². The van der Waals surface area contributed by atoms with Gasteiger partial charge in [-0.05, 0) is 30.3 Å². The van der Waals surface area contributed by atoms with E-state index in [1.165, 1.54) is 45.6 Å². The van der Waals surface area contributed by atoms with Crippen LogP contribution in [0.5, 0.6) is 5.75 Å². The predicted molar refractivity (Wildman–Crippen MR) is 112 cm³/mol. The number of hydrogen-bond donors (Lipinski definition) is 2. The number of rotatable bonds is 9. The Labute approximate surface area is 172 Å². The quantitative estimate of drug-likeness (QED) is 0.566. The van der Waals surface area contributed by atoms with Crippen molar-refractivity contribution in [3.63, 3.8) is 0 Å². The summed E-state index contributed by atoms with van der Waals surface area (Å²) in [6.07, 6.45) is 0. The number of anilines is 1. The lowest BCUT2D eigenvalue weighted by Gasteiger charge is -2.19. The summed E-state index contributed by atoms with van der Waals surface area (Å²) in [4.78, 5) is 13.2. The highest BCUT2D eigenvalue weighted by atomic mass is 35.5. The number of amides is 1. The summed E-state index contributed by atoms with van der Waals surface area (Å²) >= 11 is 8.74. The third-order valence-corrected chi connectivity index (χ3v) is 8.13. The van der Waals surface area contributed by atoms with Gasteiger partial charge in [-0.15, -0.1) is 23.1 Å². The molecule has 0 radical (unpaired) electrons. The van der Waals surface area contributed by atoms with E-state index in [0.29, 0.717) is 23.2 Å². The summed E-state index contributed by atoms with van der Waals surface area (Å²) < 4.78 is 27.2. The second-order valence-electron chi connectivity index (χ2n) is 5.52. The SMILES string of the molecule is CCN(CC)S(=O)(=O)c1ccc(O)c(NC(=O)CSCc2ccc(Cl)s2)c1. The third-order valence-electron chi connectivity index (χ3n) is 3.69. The number of halogens is 1. The molecular weight excluding hydrogens is 428 g/mol. The van der Waals surface area contributed by atoms with Gasteiger partial charge in [0.05, 0.1) is 20.7 Å². The smallest absolute Gasteiger partial charge is 0.243 e. The van der Waals surface area contributed by atoms with Crippen molar-refractivity contribution in [2.45, 2.75) is 24.5 Å². The monoisotopic (exact) mass is 448 g/mol. The van der Waals surface area contributed by atoms with Gasteiger partial charge in [0.25, 0.3) is 0 Å². The number of benzene rings is 1. The van der Waals surface area contributed by atoms with Crippen molar-refractivity contribution >= 4 is 56.3 Å². The maximum atomic E-state index is 12.6. The molecule has 0 aliphatic heterocycles. The molecule has 0 saturated carbocycles. The lowest BCUT2D eigenvalue weighted by molar-refractivity contribution is -0.113. The van der Waals surface area contributed by atoms with E-state index in [-0.39, 0.29) is 28.0 Å². The largest absolute Gasteiger partial charge is 0.506 e. The highest BCUT2D eigenvalue weighted by Gasteiger charge is 2.23. The van der Waals surface area contributed by atoms with Gasteiger partial charge in [0.2, 0.25) is 15.9 Å². The van der Waals surface area contributed by atoms with Gasteiger partial charge in [-0.2, -0.15) is 4.31 Å². The number of thiophene rings is 1. The first-order valence-electron chi connectivity index (χ1n) is 8.22. The number of sulfonamides is 1. The molecule has 10 heteroatoms. The van der Waals surface area contributed by atoms with Gasteiger partial charge in [-0.3, -0.25) is 4.79 Å². The van der Waals surface area contributed by atoms with Crippen molar-refractivity contribution in [3.8, 4) is 5.75 Å². The normalized spacial score (nSPS) is 11.7. The number of phenolic OH excluding ortho intramolecular Hbond substituents is 1. The number of thioether (sulfide) groups is 1. The molecule has 0 fully saturated rings. The predicted octanol–water partition coefficient (Wildman–Crippen LogP) is 4.01. The van der Waals surface area contributed by atoms with Crippen LogP contribution in [0.25, 0.3) is 0 Å². The molecule has 27 heavy (non-hydrogen) atoms. The number of hydrogen-bond acceptors (Lipinski definition) is 6. The van der Waals surface area contributed by atoms with E-state index in [4.69, 9.17) is 11.6 Å². The number of phenols is 1. The van der Waals surface area contributed by atoms with Gasteiger partial charge in [-0.1, -0.05) is 25.4 Å². The first-order chi connectivity index (χ1) is 12.8. The molecule has 0 atom stereocenters. The summed E-state index contributed by atoms with van der Waals surface area (Å²) in [5.41, 5.74) is 0.0769. The van der Waals surface area contributed by atoms with Crippen molar-refractivity contribution in [1.29, 1.82) is 0 Å². The molecule has 148 valence electrons. The summed E-state index contributed by atoms with van der Waals surface area (Å²) in [6, 6.07) is 7.60. The minimum Gasteiger partial charge on any atom is -0.506 e. The Bertz CT molecular complexity index is 895. The molecule has 2 rings (SSSR count). The lowest BCUT2D eigenvalue weighted by Crippen LogP contribution is -2.30. The second-order valence-corrected chi connectivity index (χ2v) is 10.2. The standard InChI is InChI=1S/C17H21ClN2O4S3/c1-3-20(4-2)27(23,24)13-6-7-15(21)14(9-13)19-17(22)11-25-10-12-5-8-16(18)26-12/h5-9,21H,3-4,10-11H2,1-2H3,(H,19,22). The number of nitrogens with zero attached hydrogens (tertiary/aromatic N) is 1. The molecule has 1 amide bonds. The van der Waals surface area contributed by atoms with E-state index < -0.39 is 10.0 Å². The molecule has 0 unspecified atom stereocenters. The molecule has 0 spiro atoms. The van der Waals surface area contributed by atoms with Gasteiger partial charge in [0.15, 0.2) is 0 Å². The topological polar surface area (TPSA) is 86.7 Å². The number of carbonyl (C=O) groups excluding carboxylic acids is 1. The van der Waals surface area contributed by atoms with Gasteiger partial charge < -0.3 is 10.4 Å². The molecule has 1 aromatic heterocycles. The molecule has 1 heterocycles. The molecule has 6 nitrogen and oxygen atoms in total. The fraction of sp³-hybridized carbons (Fsp3) is 0.353. The maximum absolute atomic E-state index is 12.6. The van der Waals surface area contributed by atoms with Crippen LogP contribution in [0.15, 0.2) is 35.2 Å². The fourth-order valence-corrected chi connectivity index (χ4v) is 5.86. The van der Waals surface area contributed by atoms with Crippen molar-refractivity contribution in [2.24, 2.45) is 0 Å². The second kappa shape index (κ2) is 9.79. The summed E-state index contributed by atoms with van der Waals surface area (Å²) in [6.45, 7) is 4.18. The first kappa shape index (κ1) is 22.0. The molecule has 2 aromatic rings. The van der Waals surface area contributed by atoms with Crippen LogP contribution in [0, 0.1) is 0 Å². The molecule has 0 aliphatic rings. The Hall–Kier alpha value is -1.26. The van der Waals surface area contributed by atoms with Crippen LogP contribution in [0.1, 0.15) is 18.7 Å². The zero-order chi connectivity index (χ0) is 20.0. The maximum Gasteiger partial charge on any atom is 0.243 e. The zero-order valence-electron chi connectivity index (χ0n) is 14.9. The van der Waals surface area contributed by atoms with Crippen molar-refractivity contribution in [3.05, 3.63) is 39.5 Å². The zero-order valence-corrected chi connectivity index (χ0v) is 18.1. The summed E-state index contributed by atoms with van der Waals surface area (Å²) in [5, 5.41) is 12.5. The van der Waals surface area contributed by atoms with Gasteiger partial charge in [-0.25, -0.2) is 8.42 Å². The Morgan fingerprint density at radius 1 is 1.26 bits per heavy atom. The fourth-order valence-electron chi connectivity index (χ4n) is 2.35. The summed E-state index contributed by atoms with van der Waals surface area (Å²) in [7, 11) is -3.67. The summed E-state index contributed by atoms with van der Waals surface area (Å²) in [5.74, 6) is 0.307. The molecule has 0 saturated heterocycles. The van der Waals surface area contributed by atoms with Crippen molar-refractivity contribution < 1.29 is 18.3 Å². The van der Waals surface area contributed by atoms with Crippen LogP contribution in [0.3, 0.4) is 0 Å². The van der Waals surface area contributed by atoms with Crippen LogP contribution in [-0.4, -0.2) is 42.6 Å². The Kier molecular flexibility index (Phi) is 7.99. The van der Waals surface area contributed by atoms with Crippen molar-refractivity contribution in [2.75, 3.05) is 24.2 Å². The number of carbonyl (C=O) groups is 1. The highest BCUT2D eigenvalue weighted by molar-refractivity contribution is 7.99.